The molecule has 4 heteroatoms. The Bertz CT molecular complexity index is 650. The highest BCUT2D eigenvalue weighted by atomic mass is 16.5. The molecule has 1 amide bonds. The van der Waals surface area contributed by atoms with Gasteiger partial charge >= 0.3 is 0 Å². The molecule has 2 aromatic rings. The number of nitrogens with one attached hydrogen (secondary N) is 1. The van der Waals surface area contributed by atoms with Crippen LogP contribution in [0.5, 0.6) is 11.5 Å². The Morgan fingerprint density at radius 2 is 1.85 bits per heavy atom. The first-order valence-corrected chi connectivity index (χ1v) is 6.27. The van der Waals surface area contributed by atoms with Gasteiger partial charge in [-0.05, 0) is 55.3 Å². The third-order valence-corrected chi connectivity index (χ3v) is 3.21. The van der Waals surface area contributed by atoms with Crippen LogP contribution in [0.4, 0.5) is 5.69 Å². The minimum Gasteiger partial charge on any atom is -0.504 e. The second kappa shape index (κ2) is 5.65. The van der Waals surface area contributed by atoms with Crippen molar-refractivity contribution in [2.45, 2.75) is 13.8 Å². The third kappa shape index (κ3) is 2.91. The smallest absolute Gasteiger partial charge is 0.255 e. The lowest BCUT2D eigenvalue weighted by atomic mass is 10.1. The normalized spacial score (nSPS) is 10.2. The number of phenolic OH excluding ortho intramolecular Hbond substituents is 1. The van der Waals surface area contributed by atoms with E-state index < -0.39 is 0 Å². The lowest BCUT2D eigenvalue weighted by molar-refractivity contribution is 0.102. The molecule has 0 aliphatic carbocycles. The maximum Gasteiger partial charge on any atom is 0.255 e. The number of methoxy groups -OCH3 is 1. The van der Waals surface area contributed by atoms with E-state index in [2.05, 4.69) is 5.32 Å². The summed E-state index contributed by atoms with van der Waals surface area (Å²) in [5.41, 5.74) is 3.39. The molecule has 0 saturated carbocycles. The Morgan fingerprint density at radius 1 is 1.10 bits per heavy atom. The molecule has 104 valence electrons. The van der Waals surface area contributed by atoms with Crippen LogP contribution in [-0.4, -0.2) is 18.1 Å². The summed E-state index contributed by atoms with van der Waals surface area (Å²) in [6.45, 7) is 4.01. The molecule has 0 atom stereocenters. The molecule has 0 saturated heterocycles. The first-order valence-electron chi connectivity index (χ1n) is 6.27. The van der Waals surface area contributed by atoms with Crippen molar-refractivity contribution in [2.24, 2.45) is 0 Å². The first kappa shape index (κ1) is 13.9. The summed E-state index contributed by atoms with van der Waals surface area (Å²) < 4.78 is 4.95. The van der Waals surface area contributed by atoms with Gasteiger partial charge in [0, 0.05) is 11.3 Å². The Morgan fingerprint density at radius 3 is 2.45 bits per heavy atom. The second-order valence-corrected chi connectivity index (χ2v) is 4.64. The molecule has 0 fully saturated rings. The van der Waals surface area contributed by atoms with Crippen LogP contribution in [0, 0.1) is 13.8 Å². The maximum absolute atomic E-state index is 12.1. The molecule has 0 radical (unpaired) electrons. The fourth-order valence-electron chi connectivity index (χ4n) is 1.85. The molecule has 0 bridgehead atoms. The highest BCUT2D eigenvalue weighted by Gasteiger charge is 2.10. The minimum atomic E-state index is -0.272. The van der Waals surface area contributed by atoms with Crippen molar-refractivity contribution in [1.29, 1.82) is 0 Å². The Hall–Kier alpha value is -2.49. The van der Waals surface area contributed by atoms with E-state index in [1.807, 2.05) is 32.0 Å². The molecule has 0 unspecified atom stereocenters. The molecule has 0 spiro atoms. The third-order valence-electron chi connectivity index (χ3n) is 3.21. The maximum atomic E-state index is 12.1. The number of hydrogen-bond donors (Lipinski definition) is 2. The summed E-state index contributed by atoms with van der Waals surface area (Å²) in [4.78, 5) is 12.1. The van der Waals surface area contributed by atoms with Crippen LogP contribution < -0.4 is 10.1 Å². The summed E-state index contributed by atoms with van der Waals surface area (Å²) in [6.07, 6.45) is 0. The van der Waals surface area contributed by atoms with E-state index >= 15 is 0 Å². The number of hydrogen-bond acceptors (Lipinski definition) is 3. The predicted molar refractivity (Wildman–Crippen MR) is 78.5 cm³/mol. The van der Waals surface area contributed by atoms with E-state index in [0.29, 0.717) is 11.3 Å². The van der Waals surface area contributed by atoms with Crippen molar-refractivity contribution in [1.82, 2.24) is 0 Å². The molecule has 2 N–H and O–H groups in total. The molecular weight excluding hydrogens is 254 g/mol. The Balaban J connectivity index is 2.19. The Kier molecular flexibility index (Phi) is 3.94. The largest absolute Gasteiger partial charge is 0.504 e. The fraction of sp³-hybridized carbons (Fsp3) is 0.188. The molecular formula is C16H17NO3. The number of rotatable bonds is 3. The number of ether oxygens (including phenoxy) is 1. The van der Waals surface area contributed by atoms with E-state index in [0.717, 1.165) is 11.3 Å². The van der Waals surface area contributed by atoms with E-state index in [1.165, 1.54) is 18.7 Å². The van der Waals surface area contributed by atoms with Crippen molar-refractivity contribution < 1.29 is 14.6 Å². The fourth-order valence-corrected chi connectivity index (χ4v) is 1.85. The SMILES string of the molecule is COc1ccc(C(=O)Nc2ccc(C)c(C)c2)cc1O. The van der Waals surface area contributed by atoms with Crippen molar-refractivity contribution in [3.05, 3.63) is 53.1 Å². The summed E-state index contributed by atoms with van der Waals surface area (Å²) in [7, 11) is 1.46. The first-order chi connectivity index (χ1) is 9.51. The average Bonchev–Trinajstić information content (AvgIpc) is 2.42. The number of anilines is 1. The monoisotopic (exact) mass is 271 g/mol. The van der Waals surface area contributed by atoms with Gasteiger partial charge in [-0.25, -0.2) is 0 Å². The van der Waals surface area contributed by atoms with Crippen molar-refractivity contribution in [3.63, 3.8) is 0 Å². The zero-order valence-electron chi connectivity index (χ0n) is 11.7. The number of carbonyl (C=O) groups excluding carboxylic acids is 1. The summed E-state index contributed by atoms with van der Waals surface area (Å²) in [5, 5.41) is 12.5. The Labute approximate surface area is 118 Å². The van der Waals surface area contributed by atoms with Crippen LogP contribution in [0.1, 0.15) is 21.5 Å². The zero-order valence-corrected chi connectivity index (χ0v) is 11.7. The van der Waals surface area contributed by atoms with E-state index in [1.54, 1.807) is 12.1 Å². The number of phenols is 1. The van der Waals surface area contributed by atoms with Crippen molar-refractivity contribution in [3.8, 4) is 11.5 Å². The highest BCUT2D eigenvalue weighted by Crippen LogP contribution is 2.26. The quantitative estimate of drug-likeness (QED) is 0.900. The number of amides is 1. The van der Waals surface area contributed by atoms with Crippen LogP contribution in [0.25, 0.3) is 0 Å². The predicted octanol–water partition coefficient (Wildman–Crippen LogP) is 3.27. The van der Waals surface area contributed by atoms with Gasteiger partial charge in [-0.15, -0.1) is 0 Å². The van der Waals surface area contributed by atoms with Gasteiger partial charge in [0.1, 0.15) is 0 Å². The molecule has 0 aromatic heterocycles. The van der Waals surface area contributed by atoms with Crippen molar-refractivity contribution >= 4 is 11.6 Å². The van der Waals surface area contributed by atoms with Gasteiger partial charge in [-0.3, -0.25) is 4.79 Å². The minimum absolute atomic E-state index is 0.0553. The standard InChI is InChI=1S/C16H17NO3/c1-10-4-6-13(8-11(10)2)17-16(19)12-5-7-15(20-3)14(18)9-12/h4-9,18H,1-3H3,(H,17,19). The lowest BCUT2D eigenvalue weighted by Gasteiger charge is -2.09. The molecule has 2 rings (SSSR count). The molecule has 2 aromatic carbocycles. The van der Waals surface area contributed by atoms with E-state index in [9.17, 15) is 9.90 Å². The van der Waals surface area contributed by atoms with Gasteiger partial charge in [0.25, 0.3) is 5.91 Å². The van der Waals surface area contributed by atoms with E-state index in [-0.39, 0.29) is 11.7 Å². The number of aryl methyl sites for hydroxylation is 2. The van der Waals surface area contributed by atoms with Crippen molar-refractivity contribution in [2.75, 3.05) is 12.4 Å². The summed E-state index contributed by atoms with van der Waals surface area (Å²) >= 11 is 0. The van der Waals surface area contributed by atoms with Crippen LogP contribution in [0.15, 0.2) is 36.4 Å². The van der Waals surface area contributed by atoms with Gasteiger partial charge in [-0.2, -0.15) is 0 Å². The second-order valence-electron chi connectivity index (χ2n) is 4.64. The lowest BCUT2D eigenvalue weighted by Crippen LogP contribution is -2.12. The summed E-state index contributed by atoms with van der Waals surface area (Å²) in [6, 6.07) is 10.3. The average molecular weight is 271 g/mol. The highest BCUT2D eigenvalue weighted by molar-refractivity contribution is 6.04. The topological polar surface area (TPSA) is 58.6 Å². The molecule has 0 aliphatic rings. The van der Waals surface area contributed by atoms with Crippen LogP contribution in [0.3, 0.4) is 0 Å². The number of carbonyl (C=O) groups is 1. The van der Waals surface area contributed by atoms with Gasteiger partial charge in [-0.1, -0.05) is 6.07 Å². The molecule has 0 heterocycles. The molecule has 4 nitrogen and oxygen atoms in total. The zero-order chi connectivity index (χ0) is 14.7. The number of aromatic hydroxyl groups is 1. The molecule has 20 heavy (non-hydrogen) atoms. The number of benzene rings is 2. The van der Waals surface area contributed by atoms with Crippen LogP contribution in [0.2, 0.25) is 0 Å². The van der Waals surface area contributed by atoms with Crippen LogP contribution >= 0.6 is 0 Å². The van der Waals surface area contributed by atoms with Crippen LogP contribution in [-0.2, 0) is 0 Å². The van der Waals surface area contributed by atoms with Gasteiger partial charge < -0.3 is 15.2 Å². The summed E-state index contributed by atoms with van der Waals surface area (Å²) in [5.74, 6) is 0.0131. The van der Waals surface area contributed by atoms with Gasteiger partial charge in [0.15, 0.2) is 11.5 Å². The van der Waals surface area contributed by atoms with Gasteiger partial charge in [0.05, 0.1) is 7.11 Å². The molecule has 0 aliphatic heterocycles. The van der Waals surface area contributed by atoms with E-state index in [4.69, 9.17) is 4.74 Å². The van der Waals surface area contributed by atoms with Gasteiger partial charge in [0.2, 0.25) is 0 Å².